The zero-order valence-corrected chi connectivity index (χ0v) is 20.0. The highest BCUT2D eigenvalue weighted by Gasteiger charge is 2.29. The van der Waals surface area contributed by atoms with E-state index in [1.807, 2.05) is 20.9 Å². The number of ether oxygens (including phenoxy) is 1. The van der Waals surface area contributed by atoms with Crippen molar-refractivity contribution in [2.45, 2.75) is 45.9 Å². The number of likely N-dealkylation sites (N-methyl/N-ethyl adjacent to an activating group) is 1. The summed E-state index contributed by atoms with van der Waals surface area (Å²) in [5, 5.41) is 0. The third-order valence-electron chi connectivity index (χ3n) is 6.40. The first-order chi connectivity index (χ1) is 15.9. The van der Waals surface area contributed by atoms with Crippen molar-refractivity contribution in [2.75, 3.05) is 25.0 Å². The molecule has 2 aromatic carbocycles. The first kappa shape index (κ1) is 23.0. The monoisotopic (exact) mass is 443 g/mol. The fraction of sp³-hybridized carbons (Fsp3) is 0.357. The lowest BCUT2D eigenvalue weighted by Crippen LogP contribution is -2.36. The summed E-state index contributed by atoms with van der Waals surface area (Å²) in [4.78, 5) is 21.8. The molecule has 0 aliphatic carbocycles. The van der Waals surface area contributed by atoms with Crippen molar-refractivity contribution in [3.63, 3.8) is 0 Å². The predicted octanol–water partition coefficient (Wildman–Crippen LogP) is 5.33. The number of aromatic nitrogens is 1. The van der Waals surface area contributed by atoms with Crippen molar-refractivity contribution < 1.29 is 9.53 Å². The van der Waals surface area contributed by atoms with E-state index < -0.39 is 0 Å². The van der Waals surface area contributed by atoms with Gasteiger partial charge in [-0.25, -0.2) is 9.78 Å². The molecule has 0 bridgehead atoms. The van der Waals surface area contributed by atoms with Gasteiger partial charge in [0.15, 0.2) is 0 Å². The molecule has 1 aromatic heterocycles. The van der Waals surface area contributed by atoms with Crippen LogP contribution in [0.2, 0.25) is 0 Å². The lowest BCUT2D eigenvalue weighted by atomic mass is 9.96. The van der Waals surface area contributed by atoms with E-state index in [-0.39, 0.29) is 12.1 Å². The van der Waals surface area contributed by atoms with Gasteiger partial charge < -0.3 is 9.64 Å². The van der Waals surface area contributed by atoms with Gasteiger partial charge in [-0.05, 0) is 61.6 Å². The number of rotatable bonds is 7. The van der Waals surface area contributed by atoms with Crippen molar-refractivity contribution in [2.24, 2.45) is 0 Å². The Morgan fingerprint density at radius 2 is 1.91 bits per heavy atom. The number of anilines is 1. The van der Waals surface area contributed by atoms with E-state index in [1.165, 1.54) is 22.3 Å². The Balaban J connectivity index is 1.47. The average molecular weight is 444 g/mol. The molecule has 1 fully saturated rings. The Morgan fingerprint density at radius 1 is 1.12 bits per heavy atom. The molecule has 1 aliphatic heterocycles. The molecule has 5 heteroatoms. The average Bonchev–Trinajstić information content (AvgIpc) is 3.28. The topological polar surface area (TPSA) is 45.7 Å². The molecule has 4 rings (SSSR count). The smallest absolute Gasteiger partial charge is 0.342 e. The van der Waals surface area contributed by atoms with Crippen LogP contribution in [0, 0.1) is 6.92 Å². The third kappa shape index (κ3) is 5.25. The van der Waals surface area contributed by atoms with Gasteiger partial charge in [-0.1, -0.05) is 48.5 Å². The van der Waals surface area contributed by atoms with Crippen LogP contribution < -0.4 is 4.90 Å². The second kappa shape index (κ2) is 10.2. The quantitative estimate of drug-likeness (QED) is 0.462. The summed E-state index contributed by atoms with van der Waals surface area (Å²) in [7, 11) is 2.03. The van der Waals surface area contributed by atoms with Crippen molar-refractivity contribution in [3.8, 4) is 11.1 Å². The molecule has 0 N–H and O–H groups in total. The van der Waals surface area contributed by atoms with Crippen LogP contribution in [0.25, 0.3) is 11.1 Å². The van der Waals surface area contributed by atoms with Gasteiger partial charge in [0.25, 0.3) is 0 Å². The number of pyridine rings is 1. The molecule has 1 aliphatic rings. The summed E-state index contributed by atoms with van der Waals surface area (Å²) in [5.41, 5.74) is 5.77. The number of benzene rings is 2. The molecular weight excluding hydrogens is 410 g/mol. The summed E-state index contributed by atoms with van der Waals surface area (Å²) >= 11 is 0. The van der Waals surface area contributed by atoms with Gasteiger partial charge in [-0.2, -0.15) is 0 Å². The molecule has 0 amide bonds. The number of hydrogen-bond acceptors (Lipinski definition) is 5. The minimum atomic E-state index is -0.317. The molecular formula is C28H33N3O2. The summed E-state index contributed by atoms with van der Waals surface area (Å²) in [6.45, 7) is 8.81. The molecule has 0 spiro atoms. The first-order valence-corrected chi connectivity index (χ1v) is 11.7. The van der Waals surface area contributed by atoms with Crippen LogP contribution in [-0.2, 0) is 11.3 Å². The molecule has 0 unspecified atom stereocenters. The fourth-order valence-corrected chi connectivity index (χ4v) is 4.59. The van der Waals surface area contributed by atoms with Crippen molar-refractivity contribution in [3.05, 3.63) is 83.6 Å². The third-order valence-corrected chi connectivity index (χ3v) is 6.40. The number of carbonyl (C=O) groups excluding carboxylic acids is 1. The molecule has 3 aromatic rings. The summed E-state index contributed by atoms with van der Waals surface area (Å²) in [5.74, 6) is 0.375. The van der Waals surface area contributed by atoms with Crippen molar-refractivity contribution >= 4 is 11.8 Å². The number of esters is 1. The number of nitrogens with zero attached hydrogens (tertiary/aromatic N) is 3. The van der Waals surface area contributed by atoms with Crippen LogP contribution >= 0.6 is 0 Å². The van der Waals surface area contributed by atoms with Crippen LogP contribution in [0.5, 0.6) is 0 Å². The Morgan fingerprint density at radius 3 is 2.67 bits per heavy atom. The highest BCUT2D eigenvalue weighted by Crippen LogP contribution is 2.28. The van der Waals surface area contributed by atoms with Crippen LogP contribution in [-0.4, -0.2) is 48.1 Å². The van der Waals surface area contributed by atoms with Gasteiger partial charge >= 0.3 is 5.97 Å². The van der Waals surface area contributed by atoms with Gasteiger partial charge in [0.1, 0.15) is 11.4 Å². The zero-order chi connectivity index (χ0) is 23.4. The summed E-state index contributed by atoms with van der Waals surface area (Å²) in [6, 6.07) is 21.0. The van der Waals surface area contributed by atoms with E-state index in [0.717, 1.165) is 26.1 Å². The van der Waals surface area contributed by atoms with E-state index in [2.05, 4.69) is 70.2 Å². The Labute approximate surface area is 197 Å². The largest absolute Gasteiger partial charge is 0.459 e. The molecule has 0 radical (unpaired) electrons. The molecule has 2 heterocycles. The molecule has 0 saturated carbocycles. The van der Waals surface area contributed by atoms with Gasteiger partial charge in [0, 0.05) is 38.9 Å². The summed E-state index contributed by atoms with van der Waals surface area (Å²) < 4.78 is 5.43. The minimum Gasteiger partial charge on any atom is -0.459 e. The van der Waals surface area contributed by atoms with Gasteiger partial charge in [0.2, 0.25) is 0 Å². The summed E-state index contributed by atoms with van der Waals surface area (Å²) in [6.07, 6.45) is 2.61. The highest BCUT2D eigenvalue weighted by molar-refractivity contribution is 5.94. The van der Waals surface area contributed by atoms with Crippen LogP contribution in [0.15, 0.2) is 66.9 Å². The van der Waals surface area contributed by atoms with Gasteiger partial charge in [-0.3, -0.25) is 4.90 Å². The number of carbonyl (C=O) groups is 1. The van der Waals surface area contributed by atoms with E-state index in [4.69, 9.17) is 4.74 Å². The normalized spacial score (nSPS) is 16.2. The van der Waals surface area contributed by atoms with Crippen molar-refractivity contribution in [1.29, 1.82) is 0 Å². The second-order valence-corrected chi connectivity index (χ2v) is 9.07. The van der Waals surface area contributed by atoms with Crippen LogP contribution in [0.1, 0.15) is 41.8 Å². The number of likely N-dealkylation sites (tertiary alicyclic amines) is 1. The molecule has 172 valence electrons. The number of hydrogen-bond donors (Lipinski definition) is 0. The van der Waals surface area contributed by atoms with Gasteiger partial charge in [-0.15, -0.1) is 0 Å². The van der Waals surface area contributed by atoms with Crippen LogP contribution in [0.4, 0.5) is 5.82 Å². The van der Waals surface area contributed by atoms with Crippen molar-refractivity contribution in [1.82, 2.24) is 9.88 Å². The van der Waals surface area contributed by atoms with E-state index in [9.17, 15) is 4.79 Å². The maximum atomic E-state index is 12.6. The minimum absolute atomic E-state index is 0.160. The maximum Gasteiger partial charge on any atom is 0.342 e. The van der Waals surface area contributed by atoms with E-state index in [0.29, 0.717) is 17.4 Å². The zero-order valence-electron chi connectivity index (χ0n) is 20.0. The molecule has 1 saturated heterocycles. The van der Waals surface area contributed by atoms with Crippen LogP contribution in [0.3, 0.4) is 0 Å². The Bertz CT molecular complexity index is 1100. The predicted molar refractivity (Wildman–Crippen MR) is 133 cm³/mol. The highest BCUT2D eigenvalue weighted by atomic mass is 16.5. The first-order valence-electron chi connectivity index (χ1n) is 11.7. The molecule has 1 atom stereocenters. The second-order valence-electron chi connectivity index (χ2n) is 9.07. The van der Waals surface area contributed by atoms with E-state index >= 15 is 0 Å². The van der Waals surface area contributed by atoms with Gasteiger partial charge in [0.05, 0.1) is 6.10 Å². The molecule has 5 nitrogen and oxygen atoms in total. The Kier molecular flexibility index (Phi) is 7.09. The standard InChI is InChI=1S/C28H33N3O2/c1-20(2)33-28(32)26-14-9-16-29-27(26)30(4)24-15-17-31(19-24)18-23-12-8-13-25(21(23)3)22-10-6-5-7-11-22/h5-14,16,20,24H,15,17-19H2,1-4H3/t24-/m1/s1. The molecule has 33 heavy (non-hydrogen) atoms. The maximum absolute atomic E-state index is 12.6. The fourth-order valence-electron chi connectivity index (χ4n) is 4.59. The SMILES string of the molecule is Cc1c(CN2CC[C@@H](N(C)c3ncccc3C(=O)OC(C)C)C2)cccc1-c1ccccc1. The lowest BCUT2D eigenvalue weighted by Gasteiger charge is -2.27. The lowest BCUT2D eigenvalue weighted by molar-refractivity contribution is 0.0378. The van der Waals surface area contributed by atoms with E-state index in [1.54, 1.807) is 18.3 Å². The Hall–Kier alpha value is -3.18.